The van der Waals surface area contributed by atoms with Gasteiger partial charge in [0.2, 0.25) is 11.8 Å². The van der Waals surface area contributed by atoms with Gasteiger partial charge in [0.25, 0.3) is 5.91 Å². The fraction of sp³-hybridized carbons (Fsp3) is 0.348. The Morgan fingerprint density at radius 2 is 1.93 bits per heavy atom. The summed E-state index contributed by atoms with van der Waals surface area (Å²) in [5.41, 5.74) is 2.76. The number of fused-ring (bicyclic) bond motifs is 2. The van der Waals surface area contributed by atoms with E-state index in [4.69, 9.17) is 4.74 Å². The van der Waals surface area contributed by atoms with Crippen molar-refractivity contribution in [3.05, 3.63) is 59.2 Å². The molecule has 7 nitrogen and oxygen atoms in total. The second kappa shape index (κ2) is 8.18. The van der Waals surface area contributed by atoms with Gasteiger partial charge in [-0.1, -0.05) is 24.3 Å². The number of carbonyl (C=O) groups is 3. The average Bonchev–Trinajstić information content (AvgIpc) is 3.23. The summed E-state index contributed by atoms with van der Waals surface area (Å²) in [7, 11) is 1.60. The molecule has 2 aliphatic rings. The van der Waals surface area contributed by atoms with Crippen molar-refractivity contribution in [2.45, 2.75) is 32.4 Å². The first-order valence-corrected chi connectivity index (χ1v) is 10.1. The first-order valence-electron chi connectivity index (χ1n) is 10.1. The van der Waals surface area contributed by atoms with Crippen LogP contribution < -0.4 is 15.0 Å². The lowest BCUT2D eigenvalue weighted by Crippen LogP contribution is -2.48. The number of nitrogens with one attached hydrogen (secondary N) is 1. The lowest BCUT2D eigenvalue weighted by molar-refractivity contribution is -0.125. The Hall–Kier alpha value is -3.35. The van der Waals surface area contributed by atoms with E-state index in [0.29, 0.717) is 30.8 Å². The van der Waals surface area contributed by atoms with Gasteiger partial charge in [-0.05, 0) is 49.1 Å². The number of nitrogens with zero attached hydrogens (tertiary/aromatic N) is 2. The molecular formula is C23H25N3O4. The molecule has 2 aromatic rings. The number of hydrogen-bond donors (Lipinski definition) is 1. The van der Waals surface area contributed by atoms with Crippen LogP contribution in [0.4, 0.5) is 5.69 Å². The van der Waals surface area contributed by atoms with Gasteiger partial charge in [0, 0.05) is 13.1 Å². The highest BCUT2D eigenvalue weighted by atomic mass is 16.5. The molecule has 4 rings (SSSR count). The van der Waals surface area contributed by atoms with Gasteiger partial charge in [-0.3, -0.25) is 14.4 Å². The van der Waals surface area contributed by atoms with Crippen LogP contribution in [0.5, 0.6) is 5.75 Å². The third kappa shape index (κ3) is 3.63. The van der Waals surface area contributed by atoms with Crippen molar-refractivity contribution >= 4 is 23.4 Å². The third-order valence-electron chi connectivity index (χ3n) is 5.75. The molecule has 30 heavy (non-hydrogen) atoms. The van der Waals surface area contributed by atoms with Crippen molar-refractivity contribution in [3.63, 3.8) is 0 Å². The second-order valence-electron chi connectivity index (χ2n) is 7.68. The number of hydrogen-bond acceptors (Lipinski definition) is 4. The van der Waals surface area contributed by atoms with E-state index in [2.05, 4.69) is 5.32 Å². The highest BCUT2D eigenvalue weighted by Crippen LogP contribution is 2.34. The zero-order valence-corrected chi connectivity index (χ0v) is 17.2. The van der Waals surface area contributed by atoms with Crippen LogP contribution in [-0.4, -0.2) is 48.9 Å². The molecule has 1 N–H and O–H groups in total. The maximum atomic E-state index is 13.3. The van der Waals surface area contributed by atoms with Gasteiger partial charge in [-0.25, -0.2) is 0 Å². The first kappa shape index (κ1) is 19.9. The molecule has 0 aromatic heterocycles. The number of para-hydroxylation sites is 1. The minimum atomic E-state index is -0.501. The fourth-order valence-corrected chi connectivity index (χ4v) is 4.20. The van der Waals surface area contributed by atoms with E-state index < -0.39 is 6.04 Å². The quantitative estimate of drug-likeness (QED) is 0.825. The molecule has 1 fully saturated rings. The smallest absolute Gasteiger partial charge is 0.256 e. The van der Waals surface area contributed by atoms with Gasteiger partial charge in [0.1, 0.15) is 18.3 Å². The standard InChI is InChI=1S/C23H25N3O4/c1-15-5-3-6-18-21(15)26(23(29)19-7-4-12-25(19)22(18)28)14-20(27)24-13-16-8-10-17(30-2)11-9-16/h3,5-6,8-11,19H,4,7,12-14H2,1-2H3,(H,24,27)/t19-/m0/s1. The molecule has 0 spiro atoms. The molecule has 2 aromatic carbocycles. The minimum Gasteiger partial charge on any atom is -0.497 e. The minimum absolute atomic E-state index is 0.121. The Balaban J connectivity index is 1.55. The van der Waals surface area contributed by atoms with Crippen molar-refractivity contribution < 1.29 is 19.1 Å². The molecular weight excluding hydrogens is 382 g/mol. The zero-order chi connectivity index (χ0) is 21.3. The Labute approximate surface area is 175 Å². The van der Waals surface area contributed by atoms with Gasteiger partial charge >= 0.3 is 0 Å². The molecule has 0 unspecified atom stereocenters. The molecule has 0 bridgehead atoms. The summed E-state index contributed by atoms with van der Waals surface area (Å²) in [5.74, 6) is 0.157. The number of methoxy groups -OCH3 is 1. The Bertz CT molecular complexity index is 986. The van der Waals surface area contributed by atoms with Crippen LogP contribution in [0.15, 0.2) is 42.5 Å². The van der Waals surface area contributed by atoms with Crippen molar-refractivity contribution in [2.75, 3.05) is 25.1 Å². The number of ether oxygens (including phenoxy) is 1. The normalized spacial score (nSPS) is 18.0. The fourth-order valence-electron chi connectivity index (χ4n) is 4.20. The summed E-state index contributed by atoms with van der Waals surface area (Å²) in [6.07, 6.45) is 1.42. The lowest BCUT2D eigenvalue weighted by atomic mass is 10.1. The van der Waals surface area contributed by atoms with E-state index in [-0.39, 0.29) is 24.3 Å². The highest BCUT2D eigenvalue weighted by Gasteiger charge is 2.42. The maximum Gasteiger partial charge on any atom is 0.256 e. The summed E-state index contributed by atoms with van der Waals surface area (Å²) < 4.78 is 5.14. The summed E-state index contributed by atoms with van der Waals surface area (Å²) >= 11 is 0. The number of rotatable bonds is 5. The van der Waals surface area contributed by atoms with Gasteiger partial charge in [0.05, 0.1) is 18.4 Å². The van der Waals surface area contributed by atoms with E-state index >= 15 is 0 Å². The molecule has 156 valence electrons. The summed E-state index contributed by atoms with van der Waals surface area (Å²) in [5, 5.41) is 2.87. The third-order valence-corrected chi connectivity index (χ3v) is 5.75. The molecule has 2 aliphatic heterocycles. The van der Waals surface area contributed by atoms with Crippen LogP contribution in [0, 0.1) is 6.92 Å². The monoisotopic (exact) mass is 407 g/mol. The predicted molar refractivity (Wildman–Crippen MR) is 112 cm³/mol. The van der Waals surface area contributed by atoms with Crippen LogP contribution in [0.2, 0.25) is 0 Å². The largest absolute Gasteiger partial charge is 0.497 e. The van der Waals surface area contributed by atoms with Crippen molar-refractivity contribution in [2.24, 2.45) is 0 Å². The summed E-state index contributed by atoms with van der Waals surface area (Å²) in [6.45, 7) is 2.66. The van der Waals surface area contributed by atoms with Gasteiger partial charge in [-0.2, -0.15) is 0 Å². The number of aryl methyl sites for hydroxylation is 1. The SMILES string of the molecule is COc1ccc(CNC(=O)CN2C(=O)[C@@H]3CCCN3C(=O)c3cccc(C)c32)cc1. The first-order chi connectivity index (χ1) is 14.5. The van der Waals surface area contributed by atoms with Crippen molar-refractivity contribution in [1.82, 2.24) is 10.2 Å². The number of benzene rings is 2. The number of amides is 3. The van der Waals surface area contributed by atoms with Gasteiger partial charge in [-0.15, -0.1) is 0 Å². The van der Waals surface area contributed by atoms with Crippen molar-refractivity contribution in [3.8, 4) is 5.75 Å². The highest BCUT2D eigenvalue weighted by molar-refractivity contribution is 6.13. The Morgan fingerprint density at radius 1 is 1.17 bits per heavy atom. The average molecular weight is 407 g/mol. The van der Waals surface area contributed by atoms with Crippen LogP contribution in [0.3, 0.4) is 0 Å². The van der Waals surface area contributed by atoms with Crippen LogP contribution in [0.1, 0.15) is 34.3 Å². The topological polar surface area (TPSA) is 79.0 Å². The molecule has 1 atom stereocenters. The van der Waals surface area contributed by atoms with Crippen LogP contribution in [-0.2, 0) is 16.1 Å². The van der Waals surface area contributed by atoms with Crippen LogP contribution in [0.25, 0.3) is 0 Å². The maximum absolute atomic E-state index is 13.3. The molecule has 0 saturated carbocycles. The second-order valence-corrected chi connectivity index (χ2v) is 7.68. The van der Waals surface area contributed by atoms with E-state index in [9.17, 15) is 14.4 Å². The van der Waals surface area contributed by atoms with Gasteiger partial charge in [0.15, 0.2) is 0 Å². The van der Waals surface area contributed by atoms with Gasteiger partial charge < -0.3 is 19.9 Å². The molecule has 3 amide bonds. The number of anilines is 1. The lowest BCUT2D eigenvalue weighted by Gasteiger charge is -2.26. The summed E-state index contributed by atoms with van der Waals surface area (Å²) in [4.78, 5) is 42.2. The molecule has 7 heteroatoms. The predicted octanol–water partition coefficient (Wildman–Crippen LogP) is 2.27. The van der Waals surface area contributed by atoms with E-state index in [0.717, 1.165) is 23.3 Å². The molecule has 0 radical (unpaired) electrons. The number of carbonyl (C=O) groups excluding carboxylic acids is 3. The molecule has 0 aliphatic carbocycles. The zero-order valence-electron chi connectivity index (χ0n) is 17.2. The van der Waals surface area contributed by atoms with Crippen LogP contribution >= 0.6 is 0 Å². The van der Waals surface area contributed by atoms with E-state index in [1.807, 2.05) is 43.3 Å². The Kier molecular flexibility index (Phi) is 5.44. The molecule has 2 heterocycles. The molecule has 1 saturated heterocycles. The van der Waals surface area contributed by atoms with E-state index in [1.54, 1.807) is 18.1 Å². The van der Waals surface area contributed by atoms with Crippen molar-refractivity contribution in [1.29, 1.82) is 0 Å². The summed E-state index contributed by atoms with van der Waals surface area (Å²) in [6, 6.07) is 12.3. The van der Waals surface area contributed by atoms with E-state index in [1.165, 1.54) is 4.90 Å². The Morgan fingerprint density at radius 3 is 2.67 bits per heavy atom.